The minimum atomic E-state index is 0.00173. The summed E-state index contributed by atoms with van der Waals surface area (Å²) in [5.74, 6) is 0.844. The van der Waals surface area contributed by atoms with E-state index < -0.39 is 0 Å². The van der Waals surface area contributed by atoms with E-state index in [0.717, 1.165) is 21.5 Å². The summed E-state index contributed by atoms with van der Waals surface area (Å²) in [4.78, 5) is 0. The molecule has 1 aromatic heterocycles. The molecule has 0 bridgehead atoms. The van der Waals surface area contributed by atoms with E-state index in [2.05, 4.69) is 21.2 Å². The van der Waals surface area contributed by atoms with Crippen molar-refractivity contribution in [3.05, 3.63) is 52.4 Å². The largest absolute Gasteiger partial charge is 0.491 e. The van der Waals surface area contributed by atoms with E-state index in [-0.39, 0.29) is 6.04 Å². The molecule has 0 radical (unpaired) electrons. The smallest absolute Gasteiger partial charge is 0.174 e. The molecule has 0 aliphatic rings. The van der Waals surface area contributed by atoms with Crippen molar-refractivity contribution in [1.82, 2.24) is 5.32 Å². The first-order chi connectivity index (χ1) is 9.77. The molecule has 0 saturated carbocycles. The van der Waals surface area contributed by atoms with Gasteiger partial charge in [-0.1, -0.05) is 18.2 Å². The summed E-state index contributed by atoms with van der Waals surface area (Å²) in [6.07, 6.45) is 1.66. The number of methoxy groups -OCH3 is 1. The van der Waals surface area contributed by atoms with Gasteiger partial charge in [-0.2, -0.15) is 0 Å². The van der Waals surface area contributed by atoms with Gasteiger partial charge in [0.15, 0.2) is 4.67 Å². The number of hydrogen-bond donors (Lipinski definition) is 1. The van der Waals surface area contributed by atoms with E-state index in [4.69, 9.17) is 13.9 Å². The van der Waals surface area contributed by atoms with Crippen molar-refractivity contribution in [2.24, 2.45) is 0 Å². The first kappa shape index (κ1) is 15.1. The molecule has 1 heterocycles. The molecule has 0 fully saturated rings. The number of hydrogen-bond acceptors (Lipinski definition) is 4. The van der Waals surface area contributed by atoms with Gasteiger partial charge in [0.1, 0.15) is 12.4 Å². The Labute approximate surface area is 127 Å². The Morgan fingerprint density at radius 1 is 1.20 bits per heavy atom. The molecular formula is C15H18BrNO3. The number of nitrogens with one attached hydrogen (secondary N) is 1. The number of halogens is 1. The third-order valence-electron chi connectivity index (χ3n) is 3.02. The van der Waals surface area contributed by atoms with Crippen LogP contribution in [0.25, 0.3) is 0 Å². The van der Waals surface area contributed by atoms with Crippen LogP contribution in [-0.4, -0.2) is 27.4 Å². The van der Waals surface area contributed by atoms with Crippen molar-refractivity contribution < 1.29 is 13.9 Å². The van der Waals surface area contributed by atoms with Crippen molar-refractivity contribution in [2.75, 3.05) is 27.4 Å². The Hall–Kier alpha value is -1.30. The van der Waals surface area contributed by atoms with Gasteiger partial charge in [-0.05, 0) is 35.1 Å². The number of rotatable bonds is 7. The highest BCUT2D eigenvalue weighted by Gasteiger charge is 2.20. The summed E-state index contributed by atoms with van der Waals surface area (Å²) in [5.41, 5.74) is 2.10. The summed E-state index contributed by atoms with van der Waals surface area (Å²) < 4.78 is 16.9. The van der Waals surface area contributed by atoms with Crippen molar-refractivity contribution >= 4 is 15.9 Å². The standard InChI is InChI=1S/C15H18BrNO3/c1-17-14(12-7-8-20-15(12)16)11-5-3-4-6-13(11)19-10-9-18-2/h3-8,14,17H,9-10H2,1-2H3. The van der Waals surface area contributed by atoms with Gasteiger partial charge in [-0.15, -0.1) is 0 Å². The highest BCUT2D eigenvalue weighted by molar-refractivity contribution is 9.10. The fourth-order valence-electron chi connectivity index (χ4n) is 2.07. The monoisotopic (exact) mass is 339 g/mol. The SMILES string of the molecule is CNC(c1ccccc1OCCOC)c1ccoc1Br. The lowest BCUT2D eigenvalue weighted by Gasteiger charge is -2.19. The van der Waals surface area contributed by atoms with Crippen LogP contribution in [0.15, 0.2) is 45.7 Å². The molecule has 20 heavy (non-hydrogen) atoms. The minimum absolute atomic E-state index is 0.00173. The Morgan fingerprint density at radius 2 is 2.00 bits per heavy atom. The number of para-hydroxylation sites is 1. The lowest BCUT2D eigenvalue weighted by atomic mass is 10.0. The summed E-state index contributed by atoms with van der Waals surface area (Å²) in [7, 11) is 3.57. The molecule has 2 rings (SSSR count). The van der Waals surface area contributed by atoms with Crippen LogP contribution in [-0.2, 0) is 4.74 Å². The third kappa shape index (κ3) is 3.42. The maximum atomic E-state index is 5.79. The van der Waals surface area contributed by atoms with Crippen molar-refractivity contribution in [3.63, 3.8) is 0 Å². The number of benzene rings is 1. The molecule has 1 N–H and O–H groups in total. The number of ether oxygens (including phenoxy) is 2. The molecule has 0 saturated heterocycles. The lowest BCUT2D eigenvalue weighted by molar-refractivity contribution is 0.145. The van der Waals surface area contributed by atoms with Gasteiger partial charge in [0.25, 0.3) is 0 Å². The van der Waals surface area contributed by atoms with Crippen molar-refractivity contribution in [3.8, 4) is 5.75 Å². The van der Waals surface area contributed by atoms with Gasteiger partial charge in [-0.25, -0.2) is 0 Å². The van der Waals surface area contributed by atoms with Crippen LogP contribution in [0.3, 0.4) is 0 Å². The van der Waals surface area contributed by atoms with E-state index in [1.807, 2.05) is 37.4 Å². The maximum Gasteiger partial charge on any atom is 0.174 e. The average Bonchev–Trinajstić information content (AvgIpc) is 2.88. The molecule has 0 aliphatic heterocycles. The maximum absolute atomic E-state index is 5.79. The van der Waals surface area contributed by atoms with Crippen LogP contribution in [0.2, 0.25) is 0 Å². The van der Waals surface area contributed by atoms with Crippen molar-refractivity contribution in [1.29, 1.82) is 0 Å². The topological polar surface area (TPSA) is 43.6 Å². The van der Waals surface area contributed by atoms with Crippen LogP contribution >= 0.6 is 15.9 Å². The van der Waals surface area contributed by atoms with Crippen LogP contribution in [0.1, 0.15) is 17.2 Å². The zero-order valence-electron chi connectivity index (χ0n) is 11.6. The summed E-state index contributed by atoms with van der Waals surface area (Å²) in [5, 5.41) is 3.29. The second-order valence-electron chi connectivity index (χ2n) is 4.25. The van der Waals surface area contributed by atoms with E-state index in [1.54, 1.807) is 13.4 Å². The first-order valence-corrected chi connectivity index (χ1v) is 7.18. The zero-order valence-corrected chi connectivity index (χ0v) is 13.1. The second-order valence-corrected chi connectivity index (χ2v) is 4.97. The van der Waals surface area contributed by atoms with Gasteiger partial charge >= 0.3 is 0 Å². The van der Waals surface area contributed by atoms with Gasteiger partial charge in [0.2, 0.25) is 0 Å². The van der Waals surface area contributed by atoms with Crippen LogP contribution < -0.4 is 10.1 Å². The van der Waals surface area contributed by atoms with Gasteiger partial charge < -0.3 is 19.2 Å². The van der Waals surface area contributed by atoms with E-state index in [9.17, 15) is 0 Å². The molecule has 4 nitrogen and oxygen atoms in total. The summed E-state index contributed by atoms with van der Waals surface area (Å²) in [6, 6.07) is 9.91. The number of furan rings is 1. The third-order valence-corrected chi connectivity index (χ3v) is 3.67. The Morgan fingerprint density at radius 3 is 2.65 bits per heavy atom. The normalized spacial score (nSPS) is 12.3. The Balaban J connectivity index is 2.28. The van der Waals surface area contributed by atoms with Gasteiger partial charge in [0, 0.05) is 18.2 Å². The highest BCUT2D eigenvalue weighted by atomic mass is 79.9. The molecular weight excluding hydrogens is 322 g/mol. The fourth-order valence-corrected chi connectivity index (χ4v) is 2.54. The Bertz CT molecular complexity index is 541. The predicted octanol–water partition coefficient (Wildman–Crippen LogP) is 3.38. The Kier molecular flexibility index (Phi) is 5.64. The summed E-state index contributed by atoms with van der Waals surface area (Å²) >= 11 is 3.43. The van der Waals surface area contributed by atoms with Crippen LogP contribution in [0.4, 0.5) is 0 Å². The second kappa shape index (κ2) is 7.47. The zero-order chi connectivity index (χ0) is 14.4. The lowest BCUT2D eigenvalue weighted by Crippen LogP contribution is -2.19. The molecule has 1 aromatic carbocycles. The van der Waals surface area contributed by atoms with Crippen molar-refractivity contribution in [2.45, 2.75) is 6.04 Å². The summed E-state index contributed by atoms with van der Waals surface area (Å²) in [6.45, 7) is 1.09. The minimum Gasteiger partial charge on any atom is -0.491 e. The molecule has 1 atom stereocenters. The molecule has 5 heteroatoms. The van der Waals surface area contributed by atoms with Crippen LogP contribution in [0, 0.1) is 0 Å². The highest BCUT2D eigenvalue weighted by Crippen LogP contribution is 2.34. The quantitative estimate of drug-likeness (QED) is 0.785. The molecule has 2 aromatic rings. The van der Waals surface area contributed by atoms with Crippen LogP contribution in [0.5, 0.6) is 5.75 Å². The average molecular weight is 340 g/mol. The molecule has 108 valence electrons. The van der Waals surface area contributed by atoms with Gasteiger partial charge in [0.05, 0.1) is 18.9 Å². The molecule has 0 amide bonds. The molecule has 0 aliphatic carbocycles. The molecule has 0 spiro atoms. The predicted molar refractivity (Wildman–Crippen MR) is 81.1 cm³/mol. The molecule has 1 unspecified atom stereocenters. The van der Waals surface area contributed by atoms with Gasteiger partial charge in [-0.3, -0.25) is 0 Å². The van der Waals surface area contributed by atoms with E-state index in [1.165, 1.54) is 0 Å². The van der Waals surface area contributed by atoms with E-state index >= 15 is 0 Å². The fraction of sp³-hybridized carbons (Fsp3) is 0.333. The first-order valence-electron chi connectivity index (χ1n) is 6.38. The van der Waals surface area contributed by atoms with E-state index in [0.29, 0.717) is 13.2 Å².